The van der Waals surface area contributed by atoms with Crippen LogP contribution in [0.15, 0.2) is 35.3 Å². The van der Waals surface area contributed by atoms with E-state index in [1.165, 1.54) is 19.3 Å². The predicted octanol–water partition coefficient (Wildman–Crippen LogP) is 3.90. The number of nitrogens with zero attached hydrogens (tertiary/aromatic N) is 1. The Morgan fingerprint density at radius 1 is 1.19 bits per heavy atom. The molecule has 1 spiro atoms. The number of benzene rings is 1. The third-order valence-electron chi connectivity index (χ3n) is 6.21. The topological polar surface area (TPSA) is 54.6 Å². The van der Waals surface area contributed by atoms with Crippen LogP contribution in [-0.4, -0.2) is 34.8 Å². The van der Waals surface area contributed by atoms with Crippen molar-refractivity contribution in [3.8, 4) is 16.9 Å². The summed E-state index contributed by atoms with van der Waals surface area (Å²) in [4.78, 5) is 17.2. The van der Waals surface area contributed by atoms with Crippen molar-refractivity contribution in [3.05, 3.63) is 49.9 Å². The fourth-order valence-electron chi connectivity index (χ4n) is 4.31. The number of aromatic nitrogens is 1. The summed E-state index contributed by atoms with van der Waals surface area (Å²) < 4.78 is 13.3. The van der Waals surface area contributed by atoms with Crippen LogP contribution < -0.4 is 10.3 Å². The number of rotatable bonds is 2. The minimum absolute atomic E-state index is 0.0597. The lowest BCUT2D eigenvalue weighted by Crippen LogP contribution is -2.54. The van der Waals surface area contributed by atoms with Crippen molar-refractivity contribution < 1.29 is 9.47 Å². The predicted molar refractivity (Wildman–Crippen MR) is 112 cm³/mol. The van der Waals surface area contributed by atoms with Gasteiger partial charge in [0, 0.05) is 49.3 Å². The molecule has 5 nitrogen and oxygen atoms in total. The highest BCUT2D eigenvalue weighted by Crippen LogP contribution is 2.40. The van der Waals surface area contributed by atoms with Crippen molar-refractivity contribution in [2.75, 3.05) is 13.1 Å². The molecule has 1 saturated heterocycles. The molecule has 5 rings (SSSR count). The molecule has 2 fully saturated rings. The SMILES string of the molecule is O=c1[nH]ccc(-c2ccc3c(c2)COC2(CCN(C4CCC4)CC2)O3)c1I. The molecule has 27 heavy (non-hydrogen) atoms. The molecule has 1 aromatic carbocycles. The van der Waals surface area contributed by atoms with Gasteiger partial charge in [-0.25, -0.2) is 0 Å². The Labute approximate surface area is 172 Å². The highest BCUT2D eigenvalue weighted by molar-refractivity contribution is 14.1. The van der Waals surface area contributed by atoms with Gasteiger partial charge in [0.05, 0.1) is 10.2 Å². The first-order valence-electron chi connectivity index (χ1n) is 9.71. The summed E-state index contributed by atoms with van der Waals surface area (Å²) in [6.07, 6.45) is 7.62. The maximum atomic E-state index is 11.9. The number of nitrogens with one attached hydrogen (secondary N) is 1. The lowest BCUT2D eigenvalue weighted by Gasteiger charge is -2.47. The smallest absolute Gasteiger partial charge is 0.261 e. The average Bonchev–Trinajstić information content (AvgIpc) is 2.64. The number of hydrogen-bond donors (Lipinski definition) is 1. The van der Waals surface area contributed by atoms with Gasteiger partial charge in [0.15, 0.2) is 0 Å². The molecule has 0 amide bonds. The number of likely N-dealkylation sites (tertiary alicyclic amines) is 1. The van der Waals surface area contributed by atoms with Gasteiger partial charge in [0.2, 0.25) is 5.79 Å². The summed E-state index contributed by atoms with van der Waals surface area (Å²) in [5.41, 5.74) is 2.95. The zero-order valence-electron chi connectivity index (χ0n) is 15.2. The van der Waals surface area contributed by atoms with Gasteiger partial charge in [-0.1, -0.05) is 12.5 Å². The van der Waals surface area contributed by atoms with Crippen molar-refractivity contribution in [2.45, 2.75) is 50.5 Å². The molecule has 0 bridgehead atoms. The van der Waals surface area contributed by atoms with E-state index in [-0.39, 0.29) is 5.56 Å². The normalized spacial score (nSPS) is 22.1. The molecule has 3 heterocycles. The zero-order chi connectivity index (χ0) is 18.4. The number of H-pyrrole nitrogens is 1. The number of fused-ring (bicyclic) bond motifs is 1. The average molecular weight is 478 g/mol. The van der Waals surface area contributed by atoms with Crippen LogP contribution in [0.25, 0.3) is 11.1 Å². The Bertz CT molecular complexity index is 914. The second-order valence-corrected chi connectivity index (χ2v) is 8.86. The van der Waals surface area contributed by atoms with Gasteiger partial charge in [-0.2, -0.15) is 0 Å². The Kier molecular flexibility index (Phi) is 4.52. The van der Waals surface area contributed by atoms with Gasteiger partial charge in [-0.3, -0.25) is 9.69 Å². The molecule has 1 aromatic heterocycles. The standard InChI is InChI=1S/C21H23IN2O3/c22-19-17(6-9-23-20(19)25)14-4-5-18-15(12-14)13-26-21(27-18)7-10-24(11-8-21)16-2-1-3-16/h4-6,9,12,16H,1-3,7-8,10-11,13H2,(H,23,25). The van der Waals surface area contributed by atoms with Gasteiger partial charge < -0.3 is 14.5 Å². The minimum atomic E-state index is -0.465. The third kappa shape index (κ3) is 3.21. The Balaban J connectivity index is 1.35. The molecule has 142 valence electrons. The van der Waals surface area contributed by atoms with E-state index in [1.807, 2.05) is 18.2 Å². The molecule has 6 heteroatoms. The first-order valence-corrected chi connectivity index (χ1v) is 10.8. The van der Waals surface area contributed by atoms with Gasteiger partial charge in [0.1, 0.15) is 5.75 Å². The Morgan fingerprint density at radius 3 is 2.74 bits per heavy atom. The largest absolute Gasteiger partial charge is 0.462 e. The van der Waals surface area contributed by atoms with E-state index in [0.717, 1.165) is 54.4 Å². The van der Waals surface area contributed by atoms with Crippen LogP contribution in [0.1, 0.15) is 37.7 Å². The van der Waals surface area contributed by atoms with E-state index >= 15 is 0 Å². The van der Waals surface area contributed by atoms with Crippen LogP contribution in [-0.2, 0) is 11.3 Å². The lowest BCUT2D eigenvalue weighted by atomic mass is 9.89. The maximum absolute atomic E-state index is 11.9. The van der Waals surface area contributed by atoms with Crippen LogP contribution in [0.5, 0.6) is 5.75 Å². The van der Waals surface area contributed by atoms with Crippen LogP contribution in [0, 0.1) is 3.57 Å². The number of ether oxygens (including phenoxy) is 2. The number of halogens is 1. The second kappa shape index (κ2) is 6.90. The second-order valence-electron chi connectivity index (χ2n) is 7.78. The molecule has 2 aromatic rings. The highest BCUT2D eigenvalue weighted by atomic mass is 127. The van der Waals surface area contributed by atoms with Crippen molar-refractivity contribution >= 4 is 22.6 Å². The minimum Gasteiger partial charge on any atom is -0.462 e. The van der Waals surface area contributed by atoms with Crippen molar-refractivity contribution in [3.63, 3.8) is 0 Å². The molecule has 0 atom stereocenters. The van der Waals surface area contributed by atoms with Crippen molar-refractivity contribution in [1.82, 2.24) is 9.88 Å². The number of pyridine rings is 1. The van der Waals surface area contributed by atoms with E-state index in [1.54, 1.807) is 6.20 Å². The fourth-order valence-corrected chi connectivity index (χ4v) is 4.96. The first-order chi connectivity index (χ1) is 13.1. The summed E-state index contributed by atoms with van der Waals surface area (Å²) in [6.45, 7) is 2.68. The van der Waals surface area contributed by atoms with Crippen LogP contribution >= 0.6 is 22.6 Å². The lowest BCUT2D eigenvalue weighted by molar-refractivity contribution is -0.231. The Morgan fingerprint density at radius 2 is 2.00 bits per heavy atom. The summed E-state index contributed by atoms with van der Waals surface area (Å²) in [6, 6.07) is 8.88. The number of hydrogen-bond acceptors (Lipinski definition) is 4. The van der Waals surface area contributed by atoms with E-state index in [2.05, 4.69) is 38.5 Å². The van der Waals surface area contributed by atoms with E-state index in [4.69, 9.17) is 9.47 Å². The molecule has 2 aliphatic heterocycles. The first kappa shape index (κ1) is 17.7. The van der Waals surface area contributed by atoms with Gasteiger partial charge in [-0.05, 0) is 59.2 Å². The van der Waals surface area contributed by atoms with Crippen molar-refractivity contribution in [1.29, 1.82) is 0 Å². The number of piperidine rings is 1. The monoisotopic (exact) mass is 478 g/mol. The Hall–Kier alpha value is -1.38. The van der Waals surface area contributed by atoms with Gasteiger partial charge in [0.25, 0.3) is 5.56 Å². The quantitative estimate of drug-likeness (QED) is 0.666. The van der Waals surface area contributed by atoms with E-state index < -0.39 is 5.79 Å². The molecule has 1 N–H and O–H groups in total. The molecule has 0 radical (unpaired) electrons. The van der Waals surface area contributed by atoms with E-state index in [0.29, 0.717) is 10.2 Å². The zero-order valence-corrected chi connectivity index (χ0v) is 17.3. The maximum Gasteiger partial charge on any atom is 0.261 e. The van der Waals surface area contributed by atoms with E-state index in [9.17, 15) is 4.79 Å². The molecule has 1 saturated carbocycles. The molecular formula is C21H23IN2O3. The molecule has 0 unspecified atom stereocenters. The fraction of sp³-hybridized carbons (Fsp3) is 0.476. The van der Waals surface area contributed by atoms with Crippen LogP contribution in [0.2, 0.25) is 0 Å². The van der Waals surface area contributed by atoms with Gasteiger partial charge >= 0.3 is 0 Å². The third-order valence-corrected chi connectivity index (χ3v) is 7.28. The summed E-state index contributed by atoms with van der Waals surface area (Å²) in [7, 11) is 0. The van der Waals surface area contributed by atoms with Crippen molar-refractivity contribution in [2.24, 2.45) is 0 Å². The molecule has 3 aliphatic rings. The summed E-state index contributed by atoms with van der Waals surface area (Å²) in [5, 5.41) is 0. The molecular weight excluding hydrogens is 455 g/mol. The summed E-state index contributed by atoms with van der Waals surface area (Å²) >= 11 is 2.10. The van der Waals surface area contributed by atoms with Crippen LogP contribution in [0.4, 0.5) is 0 Å². The molecule has 1 aliphatic carbocycles. The summed E-state index contributed by atoms with van der Waals surface area (Å²) in [5.74, 6) is 0.453. The van der Waals surface area contributed by atoms with Gasteiger partial charge in [-0.15, -0.1) is 0 Å². The highest BCUT2D eigenvalue weighted by Gasteiger charge is 2.42. The van der Waals surface area contributed by atoms with Crippen LogP contribution in [0.3, 0.4) is 0 Å². The number of aromatic amines is 1.